The van der Waals surface area contributed by atoms with Gasteiger partial charge in [-0.1, -0.05) is 6.92 Å². The number of nitriles is 1. The van der Waals surface area contributed by atoms with Crippen LogP contribution in [-0.4, -0.2) is 16.4 Å². The van der Waals surface area contributed by atoms with E-state index in [9.17, 15) is 10.1 Å². The van der Waals surface area contributed by atoms with Gasteiger partial charge in [-0.3, -0.25) is 4.79 Å². The first kappa shape index (κ1) is 13.6. The third-order valence-corrected chi connectivity index (χ3v) is 3.80. The zero-order chi connectivity index (χ0) is 14.0. The van der Waals surface area contributed by atoms with E-state index in [-0.39, 0.29) is 11.7 Å². The van der Waals surface area contributed by atoms with E-state index in [4.69, 9.17) is 4.42 Å². The zero-order valence-corrected chi connectivity index (χ0v) is 11.6. The van der Waals surface area contributed by atoms with Gasteiger partial charge in [-0.25, -0.2) is 4.98 Å². The van der Waals surface area contributed by atoms with Gasteiger partial charge in [0, 0.05) is 6.92 Å². The van der Waals surface area contributed by atoms with Gasteiger partial charge < -0.3 is 9.73 Å². The van der Waals surface area contributed by atoms with Gasteiger partial charge >= 0.3 is 0 Å². The molecule has 102 valence electrons. The van der Waals surface area contributed by atoms with Gasteiger partial charge in [0.1, 0.15) is 5.54 Å². The number of carbonyl (C=O) groups is 1. The Morgan fingerprint density at radius 1 is 1.47 bits per heavy atom. The molecule has 1 aliphatic carbocycles. The van der Waals surface area contributed by atoms with Gasteiger partial charge in [-0.2, -0.15) is 5.26 Å². The third kappa shape index (κ3) is 2.78. The Hall–Kier alpha value is -1.83. The van der Waals surface area contributed by atoms with E-state index in [0.29, 0.717) is 30.3 Å². The fourth-order valence-corrected chi connectivity index (χ4v) is 2.54. The maximum atomic E-state index is 12.2. The molecule has 5 heteroatoms. The quantitative estimate of drug-likeness (QED) is 0.887. The molecule has 0 aromatic carbocycles. The van der Waals surface area contributed by atoms with Crippen molar-refractivity contribution < 1.29 is 9.21 Å². The molecule has 0 atom stereocenters. The van der Waals surface area contributed by atoms with E-state index in [1.54, 1.807) is 13.8 Å². The number of aromatic nitrogens is 1. The molecule has 0 spiro atoms. The molecule has 1 aliphatic rings. The molecule has 0 saturated heterocycles. The molecular weight excluding hydrogens is 242 g/mol. The Bertz CT molecular complexity index is 519. The SMILES string of the molecule is Cc1nc(C)c(C(=O)NC2(C#N)CCC(C)CC2)o1. The Labute approximate surface area is 113 Å². The van der Waals surface area contributed by atoms with Crippen LogP contribution in [0.3, 0.4) is 0 Å². The van der Waals surface area contributed by atoms with E-state index in [2.05, 4.69) is 23.3 Å². The van der Waals surface area contributed by atoms with Gasteiger partial charge in [0.25, 0.3) is 5.91 Å². The van der Waals surface area contributed by atoms with Crippen molar-refractivity contribution in [2.24, 2.45) is 5.92 Å². The Morgan fingerprint density at radius 3 is 2.58 bits per heavy atom. The molecule has 1 saturated carbocycles. The maximum Gasteiger partial charge on any atom is 0.290 e. The van der Waals surface area contributed by atoms with Crippen molar-refractivity contribution in [1.29, 1.82) is 5.26 Å². The monoisotopic (exact) mass is 261 g/mol. The Kier molecular flexibility index (Phi) is 3.61. The summed E-state index contributed by atoms with van der Waals surface area (Å²) >= 11 is 0. The molecule has 1 N–H and O–H groups in total. The number of rotatable bonds is 2. The smallest absolute Gasteiger partial charge is 0.290 e. The fourth-order valence-electron chi connectivity index (χ4n) is 2.54. The highest BCUT2D eigenvalue weighted by Crippen LogP contribution is 2.31. The minimum absolute atomic E-state index is 0.214. The first-order valence-electron chi connectivity index (χ1n) is 6.63. The van der Waals surface area contributed by atoms with Crippen LogP contribution < -0.4 is 5.32 Å². The van der Waals surface area contributed by atoms with Crippen molar-refractivity contribution >= 4 is 5.91 Å². The molecule has 5 nitrogen and oxygen atoms in total. The largest absolute Gasteiger partial charge is 0.436 e. The lowest BCUT2D eigenvalue weighted by atomic mass is 9.78. The van der Waals surface area contributed by atoms with E-state index in [1.807, 2.05) is 0 Å². The summed E-state index contributed by atoms with van der Waals surface area (Å²) in [6.07, 6.45) is 3.32. The van der Waals surface area contributed by atoms with Gasteiger partial charge in [-0.15, -0.1) is 0 Å². The second-order valence-electron chi connectivity index (χ2n) is 5.48. The highest BCUT2D eigenvalue weighted by molar-refractivity contribution is 5.93. The topological polar surface area (TPSA) is 78.9 Å². The Morgan fingerprint density at radius 2 is 2.11 bits per heavy atom. The molecule has 0 radical (unpaired) electrons. The summed E-state index contributed by atoms with van der Waals surface area (Å²) in [6.45, 7) is 5.60. The highest BCUT2D eigenvalue weighted by Gasteiger charge is 2.37. The average molecular weight is 261 g/mol. The van der Waals surface area contributed by atoms with Crippen LogP contribution in [0.4, 0.5) is 0 Å². The van der Waals surface area contributed by atoms with Crippen LogP contribution in [0.5, 0.6) is 0 Å². The zero-order valence-electron chi connectivity index (χ0n) is 11.6. The molecule has 0 aliphatic heterocycles. The lowest BCUT2D eigenvalue weighted by Crippen LogP contribution is -2.49. The molecule has 2 rings (SSSR count). The summed E-state index contributed by atoms with van der Waals surface area (Å²) < 4.78 is 5.30. The summed E-state index contributed by atoms with van der Waals surface area (Å²) in [6, 6.07) is 2.27. The summed E-state index contributed by atoms with van der Waals surface area (Å²) in [5.41, 5.74) is -0.191. The van der Waals surface area contributed by atoms with Gasteiger partial charge in [-0.05, 0) is 38.5 Å². The Balaban J connectivity index is 2.13. The predicted octanol–water partition coefficient (Wildman–Crippen LogP) is 2.49. The minimum Gasteiger partial charge on any atom is -0.436 e. The maximum absolute atomic E-state index is 12.2. The van der Waals surface area contributed by atoms with Crippen LogP contribution in [0.15, 0.2) is 4.42 Å². The number of hydrogen-bond donors (Lipinski definition) is 1. The number of oxazole rings is 1. The number of aryl methyl sites for hydroxylation is 2. The molecule has 1 heterocycles. The van der Waals surface area contributed by atoms with Crippen LogP contribution >= 0.6 is 0 Å². The highest BCUT2D eigenvalue weighted by atomic mass is 16.4. The van der Waals surface area contributed by atoms with E-state index >= 15 is 0 Å². The van der Waals surface area contributed by atoms with Gasteiger partial charge in [0.2, 0.25) is 5.76 Å². The predicted molar refractivity (Wildman–Crippen MR) is 69.4 cm³/mol. The molecular formula is C14H19N3O2. The summed E-state index contributed by atoms with van der Waals surface area (Å²) in [4.78, 5) is 16.3. The van der Waals surface area contributed by atoms with Crippen molar-refractivity contribution in [2.45, 2.75) is 52.0 Å². The normalized spacial score (nSPS) is 26.7. The molecule has 1 fully saturated rings. The number of nitrogens with one attached hydrogen (secondary N) is 1. The van der Waals surface area contributed by atoms with Crippen LogP contribution in [0.1, 0.15) is 54.7 Å². The van der Waals surface area contributed by atoms with Crippen molar-refractivity contribution in [2.75, 3.05) is 0 Å². The van der Waals surface area contributed by atoms with Gasteiger partial charge in [0.15, 0.2) is 5.89 Å². The van der Waals surface area contributed by atoms with Crippen LogP contribution in [0.2, 0.25) is 0 Å². The summed E-state index contributed by atoms with van der Waals surface area (Å²) in [7, 11) is 0. The average Bonchev–Trinajstić information content (AvgIpc) is 2.72. The number of hydrogen-bond acceptors (Lipinski definition) is 4. The van der Waals surface area contributed by atoms with Crippen molar-refractivity contribution in [1.82, 2.24) is 10.3 Å². The van der Waals surface area contributed by atoms with Crippen LogP contribution in [-0.2, 0) is 0 Å². The number of nitrogens with zero attached hydrogens (tertiary/aromatic N) is 2. The standard InChI is InChI=1S/C14H19N3O2/c1-9-4-6-14(8-15,7-5-9)17-13(18)12-10(2)16-11(3)19-12/h9H,4-7H2,1-3H3,(H,17,18). The van der Waals surface area contributed by atoms with Crippen LogP contribution in [0, 0.1) is 31.1 Å². The molecule has 1 aromatic rings. The molecule has 19 heavy (non-hydrogen) atoms. The van der Waals surface area contributed by atoms with Crippen molar-refractivity contribution in [3.63, 3.8) is 0 Å². The first-order valence-corrected chi connectivity index (χ1v) is 6.63. The number of amides is 1. The van der Waals surface area contributed by atoms with Gasteiger partial charge in [0.05, 0.1) is 11.8 Å². The van der Waals surface area contributed by atoms with E-state index in [1.165, 1.54) is 0 Å². The van der Waals surface area contributed by atoms with Crippen molar-refractivity contribution in [3.8, 4) is 6.07 Å². The summed E-state index contributed by atoms with van der Waals surface area (Å²) in [5, 5.41) is 12.2. The van der Waals surface area contributed by atoms with Crippen LogP contribution in [0.25, 0.3) is 0 Å². The second kappa shape index (κ2) is 5.04. The lowest BCUT2D eigenvalue weighted by Gasteiger charge is -2.34. The van der Waals surface area contributed by atoms with Crippen molar-refractivity contribution in [3.05, 3.63) is 17.3 Å². The second-order valence-corrected chi connectivity index (χ2v) is 5.48. The van der Waals surface area contributed by atoms with E-state index in [0.717, 1.165) is 12.8 Å². The lowest BCUT2D eigenvalue weighted by molar-refractivity contribution is 0.0863. The fraction of sp³-hybridized carbons (Fsp3) is 0.643. The minimum atomic E-state index is -0.753. The summed E-state index contributed by atoms with van der Waals surface area (Å²) in [5.74, 6) is 0.957. The van der Waals surface area contributed by atoms with E-state index < -0.39 is 5.54 Å². The first-order chi connectivity index (χ1) is 8.96. The molecule has 1 amide bonds. The molecule has 0 bridgehead atoms. The molecule has 0 unspecified atom stereocenters. The molecule has 1 aromatic heterocycles. The number of carbonyl (C=O) groups excluding carboxylic acids is 1. The third-order valence-electron chi connectivity index (χ3n) is 3.80.